The molecule has 0 aromatic heterocycles. The summed E-state index contributed by atoms with van der Waals surface area (Å²) >= 11 is 2.46. The van der Waals surface area contributed by atoms with Gasteiger partial charge in [0.15, 0.2) is 0 Å². The highest BCUT2D eigenvalue weighted by Gasteiger charge is 2.46. The summed E-state index contributed by atoms with van der Waals surface area (Å²) in [6.07, 6.45) is 2.63. The number of hydrogen-bond donors (Lipinski definition) is 3. The molecular weight excluding hydrogens is 595 g/mol. The van der Waals surface area contributed by atoms with Crippen LogP contribution < -0.4 is 5.32 Å². The van der Waals surface area contributed by atoms with Crippen LogP contribution in [0.3, 0.4) is 0 Å². The van der Waals surface area contributed by atoms with Gasteiger partial charge in [0.1, 0.15) is 0 Å². The molecule has 38 heavy (non-hydrogen) atoms. The van der Waals surface area contributed by atoms with Gasteiger partial charge < -0.3 is 21.0 Å². The number of benzene rings is 3. The lowest BCUT2D eigenvalue weighted by atomic mass is 9.70. The molecule has 3 aromatic rings. The summed E-state index contributed by atoms with van der Waals surface area (Å²) in [4.78, 5) is 21.0. The smallest absolute Gasteiger partial charge is 0.414 e. The van der Waals surface area contributed by atoms with E-state index < -0.39 is 11.9 Å². The maximum Gasteiger partial charge on any atom is 0.414 e. The molecule has 2 atom stereocenters. The summed E-state index contributed by atoms with van der Waals surface area (Å²) in [6, 6.07) is 32.1. The second kappa shape index (κ2) is 15.0. The van der Waals surface area contributed by atoms with Crippen molar-refractivity contribution in [3.8, 4) is 0 Å². The number of rotatable bonds is 6. The Labute approximate surface area is 238 Å². The Morgan fingerprint density at radius 3 is 1.79 bits per heavy atom. The van der Waals surface area contributed by atoms with E-state index in [2.05, 4.69) is 118 Å². The molecule has 0 unspecified atom stereocenters. The van der Waals surface area contributed by atoms with Crippen molar-refractivity contribution in [2.24, 2.45) is 5.92 Å². The van der Waals surface area contributed by atoms with Crippen LogP contribution in [0.15, 0.2) is 84.9 Å². The Kier molecular flexibility index (Phi) is 12.4. The Hall–Kier alpha value is -2.79. The van der Waals surface area contributed by atoms with Gasteiger partial charge in [-0.05, 0) is 77.2 Å². The van der Waals surface area contributed by atoms with Gasteiger partial charge in [0.2, 0.25) is 0 Å². The SMILES string of the molecule is C.Ic1ccccc1CN[C@H]1C2CCN(CC2)[C@H]1C(c1ccccc1)c1ccccc1.O.O=C(O)C(=O)O. The molecule has 2 bridgehead atoms. The molecule has 3 saturated heterocycles. The topological polar surface area (TPSA) is 121 Å². The minimum atomic E-state index is -1.82. The number of carboxylic acids is 2. The molecule has 0 aliphatic carbocycles. The molecule has 0 radical (unpaired) electrons. The van der Waals surface area contributed by atoms with E-state index in [1.165, 1.54) is 46.2 Å². The first-order valence-corrected chi connectivity index (χ1v) is 13.3. The third-order valence-electron chi connectivity index (χ3n) is 7.20. The molecule has 3 aliphatic heterocycles. The number of hydrogen-bond acceptors (Lipinski definition) is 4. The summed E-state index contributed by atoms with van der Waals surface area (Å²) in [6.45, 7) is 3.40. The van der Waals surface area contributed by atoms with Crippen LogP contribution in [-0.4, -0.2) is 57.7 Å². The Bertz CT molecular complexity index is 1100. The molecule has 0 spiro atoms. The number of carboxylic acid groups (broad SMARTS) is 2. The molecule has 0 saturated carbocycles. The second-order valence-corrected chi connectivity index (χ2v) is 10.4. The first-order valence-electron chi connectivity index (χ1n) is 12.2. The van der Waals surface area contributed by atoms with Gasteiger partial charge in [-0.1, -0.05) is 86.3 Å². The summed E-state index contributed by atoms with van der Waals surface area (Å²) in [5, 5.41) is 18.8. The number of fused-ring (bicyclic) bond motifs is 3. The van der Waals surface area contributed by atoms with Crippen LogP contribution in [0.25, 0.3) is 0 Å². The van der Waals surface area contributed by atoms with Crippen molar-refractivity contribution in [2.75, 3.05) is 13.1 Å². The van der Waals surface area contributed by atoms with Crippen LogP contribution >= 0.6 is 22.6 Å². The van der Waals surface area contributed by atoms with Crippen molar-refractivity contribution in [3.63, 3.8) is 0 Å². The molecule has 7 nitrogen and oxygen atoms in total. The number of piperidine rings is 3. The molecule has 5 N–H and O–H groups in total. The monoisotopic (exact) mass is 632 g/mol. The summed E-state index contributed by atoms with van der Waals surface area (Å²) in [5.74, 6) is -2.50. The fourth-order valence-electron chi connectivity index (χ4n) is 5.57. The van der Waals surface area contributed by atoms with Crippen molar-refractivity contribution in [1.29, 1.82) is 0 Å². The minimum absolute atomic E-state index is 0. The predicted octanol–water partition coefficient (Wildman–Crippen LogP) is 4.64. The molecule has 0 amide bonds. The fraction of sp³-hybridized carbons (Fsp3) is 0.333. The third-order valence-corrected chi connectivity index (χ3v) is 8.25. The van der Waals surface area contributed by atoms with Gasteiger partial charge in [-0.3, -0.25) is 4.90 Å². The lowest BCUT2D eigenvalue weighted by Crippen LogP contribution is -2.64. The highest BCUT2D eigenvalue weighted by molar-refractivity contribution is 14.1. The van der Waals surface area contributed by atoms with E-state index in [4.69, 9.17) is 19.8 Å². The zero-order valence-corrected chi connectivity index (χ0v) is 22.6. The Morgan fingerprint density at radius 2 is 1.32 bits per heavy atom. The quantitative estimate of drug-likeness (QED) is 0.269. The molecule has 3 aromatic carbocycles. The summed E-state index contributed by atoms with van der Waals surface area (Å²) < 4.78 is 1.35. The van der Waals surface area contributed by atoms with E-state index in [0.29, 0.717) is 18.0 Å². The molecule has 204 valence electrons. The van der Waals surface area contributed by atoms with Crippen LogP contribution in [0.1, 0.15) is 42.9 Å². The van der Waals surface area contributed by atoms with Crippen LogP contribution in [0.2, 0.25) is 0 Å². The van der Waals surface area contributed by atoms with Crippen LogP contribution in [0.5, 0.6) is 0 Å². The average Bonchev–Trinajstić information content (AvgIpc) is 2.91. The van der Waals surface area contributed by atoms with Crippen LogP contribution in [0.4, 0.5) is 0 Å². The Balaban J connectivity index is 0.000000573. The lowest BCUT2D eigenvalue weighted by molar-refractivity contribution is -0.159. The maximum absolute atomic E-state index is 9.10. The van der Waals surface area contributed by atoms with E-state index in [0.717, 1.165) is 12.5 Å². The van der Waals surface area contributed by atoms with E-state index >= 15 is 0 Å². The normalized spacial score (nSPS) is 21.3. The van der Waals surface area contributed by atoms with Crippen molar-refractivity contribution in [3.05, 3.63) is 105 Å². The standard InChI is InChI=1S/C27H29IN2.C2H2O4.CH4.H2O/c28-24-14-8-7-13-23(24)19-29-26-22-15-17-30(18-16-22)27(26)25(20-9-3-1-4-10-20)21-11-5-2-6-12-21;3-1(4)2(5)6;;/h1-14,22,25-27,29H,15-19H2;(H,3,4)(H,5,6);1H4;1H2/t26-,27-;;;/m0.../s1. The fourth-order valence-corrected chi connectivity index (χ4v) is 6.14. The number of carbonyl (C=O) groups is 2. The summed E-state index contributed by atoms with van der Waals surface area (Å²) in [7, 11) is 0. The lowest BCUT2D eigenvalue weighted by Gasteiger charge is -2.54. The predicted molar refractivity (Wildman–Crippen MR) is 158 cm³/mol. The third kappa shape index (κ3) is 7.63. The van der Waals surface area contributed by atoms with Gasteiger partial charge in [-0.25, -0.2) is 9.59 Å². The van der Waals surface area contributed by atoms with Crippen LogP contribution in [0, 0.1) is 9.49 Å². The second-order valence-electron chi connectivity index (χ2n) is 9.27. The van der Waals surface area contributed by atoms with Gasteiger partial charge in [-0.15, -0.1) is 0 Å². The maximum atomic E-state index is 9.10. The molecule has 3 fully saturated rings. The average molecular weight is 633 g/mol. The molecule has 8 heteroatoms. The molecule has 3 aliphatic rings. The highest BCUT2D eigenvalue weighted by atomic mass is 127. The minimum Gasteiger partial charge on any atom is -0.473 e. The zero-order valence-electron chi connectivity index (χ0n) is 20.5. The van der Waals surface area contributed by atoms with E-state index in [1.54, 1.807) is 0 Å². The van der Waals surface area contributed by atoms with E-state index in [1.807, 2.05) is 0 Å². The van der Waals surface area contributed by atoms with Crippen molar-refractivity contribution < 1.29 is 25.3 Å². The van der Waals surface area contributed by atoms with Gasteiger partial charge >= 0.3 is 11.9 Å². The van der Waals surface area contributed by atoms with Gasteiger partial charge in [-0.2, -0.15) is 0 Å². The number of nitrogens with zero attached hydrogens (tertiary/aromatic N) is 1. The van der Waals surface area contributed by atoms with Crippen molar-refractivity contribution >= 4 is 34.5 Å². The van der Waals surface area contributed by atoms with Crippen molar-refractivity contribution in [1.82, 2.24) is 10.2 Å². The molecule has 3 heterocycles. The van der Waals surface area contributed by atoms with E-state index in [9.17, 15) is 0 Å². The van der Waals surface area contributed by atoms with E-state index in [-0.39, 0.29) is 12.9 Å². The molecular formula is C30H37IN2O5. The summed E-state index contributed by atoms with van der Waals surface area (Å²) in [5.41, 5.74) is 4.27. The van der Waals surface area contributed by atoms with Gasteiger partial charge in [0.25, 0.3) is 0 Å². The molecule has 6 rings (SSSR count). The largest absolute Gasteiger partial charge is 0.473 e. The number of halogens is 1. The first kappa shape index (κ1) is 31.4. The zero-order chi connectivity index (χ0) is 25.5. The number of nitrogens with one attached hydrogen (secondary N) is 1. The van der Waals surface area contributed by atoms with Crippen molar-refractivity contribution in [2.45, 2.75) is 44.8 Å². The number of aliphatic carboxylic acids is 2. The van der Waals surface area contributed by atoms with Crippen LogP contribution in [-0.2, 0) is 16.1 Å². The highest BCUT2D eigenvalue weighted by Crippen LogP contribution is 2.42. The Morgan fingerprint density at radius 1 is 0.842 bits per heavy atom. The first-order chi connectivity index (χ1) is 17.5. The van der Waals surface area contributed by atoms with Gasteiger partial charge in [0.05, 0.1) is 0 Å². The van der Waals surface area contributed by atoms with Gasteiger partial charge in [0, 0.05) is 28.1 Å².